The quantitative estimate of drug-likeness (QED) is 0.299. The molecule has 2 aromatic rings. The van der Waals surface area contributed by atoms with E-state index >= 15 is 0 Å². The summed E-state index contributed by atoms with van der Waals surface area (Å²) in [4.78, 5) is 26.0. The van der Waals surface area contributed by atoms with Gasteiger partial charge in [-0.25, -0.2) is 0 Å². The van der Waals surface area contributed by atoms with Gasteiger partial charge in [-0.15, -0.1) is 0 Å². The van der Waals surface area contributed by atoms with E-state index in [1.165, 1.54) is 21.3 Å². The van der Waals surface area contributed by atoms with Gasteiger partial charge in [0.05, 0.1) is 32.2 Å². The first-order valence-corrected chi connectivity index (χ1v) is 10.5. The first kappa shape index (κ1) is 24.5. The smallest absolute Gasteiger partial charge is 0.312 e. The third-order valence-corrected chi connectivity index (χ3v) is 5.20. The average molecular weight is 499 g/mol. The van der Waals surface area contributed by atoms with E-state index in [4.69, 9.17) is 24.1 Å². The third kappa shape index (κ3) is 5.92. The van der Waals surface area contributed by atoms with Gasteiger partial charge < -0.3 is 34.4 Å². The molecule has 1 aromatic carbocycles. The van der Waals surface area contributed by atoms with Crippen molar-refractivity contribution in [1.29, 1.82) is 0 Å². The van der Waals surface area contributed by atoms with Gasteiger partial charge in [0.1, 0.15) is 0 Å². The predicted octanol–water partition coefficient (Wildman–Crippen LogP) is 3.74. The number of carboxylic acid groups (broad SMARTS) is 1. The van der Waals surface area contributed by atoms with E-state index in [9.17, 15) is 9.59 Å². The molecule has 9 nitrogen and oxygen atoms in total. The molecule has 0 aliphatic heterocycles. The fraction of sp³-hybridized carbons (Fsp3) is 0.429. The largest absolute Gasteiger partial charge is 0.493 e. The van der Waals surface area contributed by atoms with Crippen molar-refractivity contribution >= 4 is 27.9 Å². The van der Waals surface area contributed by atoms with Crippen LogP contribution in [0, 0.1) is 0 Å². The van der Waals surface area contributed by atoms with E-state index in [2.05, 4.69) is 26.2 Å². The number of carbonyl (C=O) groups is 2. The molecule has 1 heterocycles. The highest BCUT2D eigenvalue weighted by Gasteiger charge is 2.25. The first-order valence-electron chi connectivity index (χ1n) is 9.70. The highest BCUT2D eigenvalue weighted by Crippen LogP contribution is 2.49. The zero-order valence-electron chi connectivity index (χ0n) is 18.0. The summed E-state index contributed by atoms with van der Waals surface area (Å²) in [6, 6.07) is 3.56. The molecular weight excluding hydrogens is 472 g/mol. The summed E-state index contributed by atoms with van der Waals surface area (Å²) in [6.07, 6.45) is 0.930. The maximum Gasteiger partial charge on any atom is 0.312 e. The minimum Gasteiger partial charge on any atom is -0.493 e. The van der Waals surface area contributed by atoms with E-state index in [0.29, 0.717) is 51.5 Å². The number of ether oxygens (including phenoxy) is 4. The summed E-state index contributed by atoms with van der Waals surface area (Å²) in [5.41, 5.74) is 2.05. The number of hydrogen-bond donors (Lipinski definition) is 3. The number of halogens is 1. The Kier molecular flexibility index (Phi) is 9.20. The highest BCUT2D eigenvalue weighted by atomic mass is 79.9. The number of hydrogen-bond acceptors (Lipinski definition) is 7. The number of methoxy groups -OCH3 is 3. The molecule has 0 saturated heterocycles. The molecule has 0 spiro atoms. The second-order valence-corrected chi connectivity index (χ2v) is 7.34. The molecule has 0 fully saturated rings. The Morgan fingerprint density at radius 2 is 1.81 bits per heavy atom. The van der Waals surface area contributed by atoms with E-state index in [1.807, 2.05) is 13.0 Å². The maximum absolute atomic E-state index is 12.1. The van der Waals surface area contributed by atoms with Crippen molar-refractivity contribution in [2.24, 2.45) is 0 Å². The Bertz CT molecular complexity index is 927. The van der Waals surface area contributed by atoms with Crippen molar-refractivity contribution in [3.8, 4) is 34.3 Å². The van der Waals surface area contributed by atoms with E-state index < -0.39 is 5.97 Å². The molecule has 0 atom stereocenters. The van der Waals surface area contributed by atoms with Crippen LogP contribution in [-0.4, -0.2) is 49.9 Å². The lowest BCUT2D eigenvalue weighted by Gasteiger charge is -2.16. The van der Waals surface area contributed by atoms with Crippen LogP contribution in [0.1, 0.15) is 31.9 Å². The number of H-pyrrole nitrogens is 1. The Hall–Kier alpha value is -2.72. The van der Waals surface area contributed by atoms with Gasteiger partial charge in [-0.1, -0.05) is 6.92 Å². The van der Waals surface area contributed by atoms with Crippen LogP contribution in [0.3, 0.4) is 0 Å². The molecular formula is C21H27BrN2O7. The summed E-state index contributed by atoms with van der Waals surface area (Å²) < 4.78 is 22.5. The molecule has 0 amide bonds. The SMILES string of the molecule is CCCC(=O)Oc1[nH]c(CNCCC(=O)O)c(-c2ccc(OC)c(OC)c2OC)c1Br. The molecule has 2 rings (SSSR count). The van der Waals surface area contributed by atoms with Crippen molar-refractivity contribution < 1.29 is 33.6 Å². The lowest BCUT2D eigenvalue weighted by Crippen LogP contribution is -2.18. The number of aliphatic carboxylic acids is 1. The molecule has 170 valence electrons. The Morgan fingerprint density at radius 3 is 2.39 bits per heavy atom. The van der Waals surface area contributed by atoms with Gasteiger partial charge in [0, 0.05) is 36.3 Å². The van der Waals surface area contributed by atoms with Gasteiger partial charge in [0.2, 0.25) is 11.6 Å². The normalized spacial score (nSPS) is 10.6. The molecule has 0 unspecified atom stereocenters. The van der Waals surface area contributed by atoms with Crippen LogP contribution in [0.15, 0.2) is 16.6 Å². The Balaban J connectivity index is 2.54. The summed E-state index contributed by atoms with van der Waals surface area (Å²) in [5, 5.41) is 11.9. The van der Waals surface area contributed by atoms with Crippen LogP contribution < -0.4 is 24.3 Å². The van der Waals surface area contributed by atoms with Crippen LogP contribution in [0.2, 0.25) is 0 Å². The summed E-state index contributed by atoms with van der Waals surface area (Å²) in [7, 11) is 4.57. The van der Waals surface area contributed by atoms with Gasteiger partial charge in [-0.2, -0.15) is 0 Å². The number of carboxylic acids is 1. The summed E-state index contributed by atoms with van der Waals surface area (Å²) in [6.45, 7) is 2.48. The molecule has 3 N–H and O–H groups in total. The molecule has 0 saturated carbocycles. The van der Waals surface area contributed by atoms with Gasteiger partial charge in [0.15, 0.2) is 11.5 Å². The Labute approximate surface area is 189 Å². The zero-order chi connectivity index (χ0) is 23.0. The first-order chi connectivity index (χ1) is 14.9. The van der Waals surface area contributed by atoms with E-state index in [1.54, 1.807) is 6.07 Å². The molecule has 0 aliphatic rings. The molecule has 10 heteroatoms. The second-order valence-electron chi connectivity index (χ2n) is 6.55. The van der Waals surface area contributed by atoms with Crippen molar-refractivity contribution in [1.82, 2.24) is 10.3 Å². The van der Waals surface area contributed by atoms with Crippen molar-refractivity contribution in [3.05, 3.63) is 22.3 Å². The second kappa shape index (κ2) is 11.6. The fourth-order valence-electron chi connectivity index (χ4n) is 3.06. The zero-order valence-corrected chi connectivity index (χ0v) is 19.6. The number of rotatable bonds is 12. The van der Waals surface area contributed by atoms with E-state index in [-0.39, 0.29) is 31.2 Å². The summed E-state index contributed by atoms with van der Waals surface area (Å²) >= 11 is 3.54. The van der Waals surface area contributed by atoms with Crippen LogP contribution in [0.25, 0.3) is 11.1 Å². The lowest BCUT2D eigenvalue weighted by atomic mass is 10.0. The monoisotopic (exact) mass is 498 g/mol. The van der Waals surface area contributed by atoms with Crippen molar-refractivity contribution in [2.45, 2.75) is 32.7 Å². The molecule has 1 aromatic heterocycles. The Morgan fingerprint density at radius 1 is 1.10 bits per heavy atom. The van der Waals surface area contributed by atoms with Gasteiger partial charge in [0.25, 0.3) is 0 Å². The third-order valence-electron chi connectivity index (χ3n) is 4.45. The number of benzene rings is 1. The minimum atomic E-state index is -0.892. The van der Waals surface area contributed by atoms with Gasteiger partial charge in [-0.3, -0.25) is 9.59 Å². The standard InChI is InChI=1S/C21H27BrN2O7/c1-5-6-16(27)31-21-18(22)17(13(24-21)11-23-10-9-15(25)26)12-7-8-14(28-2)20(30-4)19(12)29-3/h7-8,23-24H,5-6,9-11H2,1-4H3,(H,25,26). The van der Waals surface area contributed by atoms with Crippen molar-refractivity contribution in [3.63, 3.8) is 0 Å². The lowest BCUT2D eigenvalue weighted by molar-refractivity contribution is -0.137. The summed E-state index contributed by atoms with van der Waals surface area (Å²) in [5.74, 6) is 0.382. The van der Waals surface area contributed by atoms with Crippen LogP contribution in [-0.2, 0) is 16.1 Å². The number of carbonyl (C=O) groups excluding carboxylic acids is 1. The van der Waals surface area contributed by atoms with Gasteiger partial charge in [-0.05, 0) is 34.5 Å². The molecule has 0 aliphatic carbocycles. The van der Waals surface area contributed by atoms with Crippen LogP contribution in [0.4, 0.5) is 0 Å². The van der Waals surface area contributed by atoms with Crippen LogP contribution in [0.5, 0.6) is 23.1 Å². The number of esters is 1. The average Bonchev–Trinajstić information content (AvgIpc) is 3.04. The molecule has 0 bridgehead atoms. The van der Waals surface area contributed by atoms with Crippen LogP contribution >= 0.6 is 15.9 Å². The van der Waals surface area contributed by atoms with Crippen molar-refractivity contribution in [2.75, 3.05) is 27.9 Å². The maximum atomic E-state index is 12.1. The molecule has 0 radical (unpaired) electrons. The fourth-order valence-corrected chi connectivity index (χ4v) is 3.69. The van der Waals surface area contributed by atoms with E-state index in [0.717, 1.165) is 0 Å². The number of aromatic nitrogens is 1. The topological polar surface area (TPSA) is 119 Å². The highest BCUT2D eigenvalue weighted by molar-refractivity contribution is 9.10. The minimum absolute atomic E-state index is 0.0186. The van der Waals surface area contributed by atoms with Gasteiger partial charge >= 0.3 is 11.9 Å². The predicted molar refractivity (Wildman–Crippen MR) is 118 cm³/mol. The number of aromatic amines is 1. The molecule has 31 heavy (non-hydrogen) atoms. The number of nitrogens with one attached hydrogen (secondary N) is 2.